The summed E-state index contributed by atoms with van der Waals surface area (Å²) in [6.07, 6.45) is 0. The summed E-state index contributed by atoms with van der Waals surface area (Å²) >= 11 is 0. The minimum atomic E-state index is -0.0275. The lowest BCUT2D eigenvalue weighted by molar-refractivity contribution is -0.127. The molecule has 2 rings (SSSR count). The highest BCUT2D eigenvalue weighted by atomic mass is 127. The number of amides is 1. The van der Waals surface area contributed by atoms with E-state index in [2.05, 4.69) is 15.6 Å². The van der Waals surface area contributed by atoms with Gasteiger partial charge in [-0.05, 0) is 23.3 Å². The Morgan fingerprint density at radius 3 is 2.28 bits per heavy atom. The predicted octanol–water partition coefficient (Wildman–Crippen LogP) is 2.65. The number of carbonyl (C=O) groups excluding carboxylic acids is 1. The van der Waals surface area contributed by atoms with Crippen LogP contribution in [-0.4, -0.2) is 51.6 Å². The Morgan fingerprint density at radius 1 is 0.966 bits per heavy atom. The number of aliphatic imine (C=N–C) groups is 1. The van der Waals surface area contributed by atoms with E-state index in [0.717, 1.165) is 11.1 Å². The zero-order valence-electron chi connectivity index (χ0n) is 17.3. The number of halogens is 1. The molecule has 0 aromatic heterocycles. The lowest BCUT2D eigenvalue weighted by Gasteiger charge is -2.15. The number of nitrogens with zero attached hydrogens (tertiary/aromatic N) is 2. The average molecular weight is 512 g/mol. The maximum atomic E-state index is 11.9. The molecule has 0 aliphatic carbocycles. The quantitative estimate of drug-likeness (QED) is 0.323. The molecule has 2 aromatic carbocycles. The lowest BCUT2D eigenvalue weighted by Crippen LogP contribution is -2.42. The number of methoxy groups -OCH3 is 2. The number of hydrogen-bond donors (Lipinski definition) is 2. The summed E-state index contributed by atoms with van der Waals surface area (Å²) in [6.45, 7) is 1.20. The summed E-state index contributed by atoms with van der Waals surface area (Å²) in [6, 6.07) is 15.7. The van der Waals surface area contributed by atoms with Gasteiger partial charge >= 0.3 is 0 Å². The topological polar surface area (TPSA) is 75.2 Å². The largest absolute Gasteiger partial charge is 0.493 e. The van der Waals surface area contributed by atoms with Crippen molar-refractivity contribution in [2.75, 3.05) is 34.9 Å². The monoisotopic (exact) mass is 512 g/mol. The summed E-state index contributed by atoms with van der Waals surface area (Å²) in [5.74, 6) is 1.87. The zero-order chi connectivity index (χ0) is 20.4. The summed E-state index contributed by atoms with van der Waals surface area (Å²) < 4.78 is 10.6. The molecule has 0 atom stereocenters. The van der Waals surface area contributed by atoms with E-state index in [-0.39, 0.29) is 36.4 Å². The van der Waals surface area contributed by atoms with Crippen molar-refractivity contribution >= 4 is 35.8 Å². The fourth-order valence-electron chi connectivity index (χ4n) is 2.42. The Morgan fingerprint density at radius 2 is 1.66 bits per heavy atom. The van der Waals surface area contributed by atoms with Crippen LogP contribution in [0.25, 0.3) is 0 Å². The molecule has 0 fully saturated rings. The zero-order valence-corrected chi connectivity index (χ0v) is 19.6. The maximum absolute atomic E-state index is 11.9. The second-order valence-corrected chi connectivity index (χ2v) is 6.34. The van der Waals surface area contributed by atoms with Crippen molar-refractivity contribution in [3.05, 3.63) is 59.7 Å². The van der Waals surface area contributed by atoms with Crippen molar-refractivity contribution in [3.63, 3.8) is 0 Å². The van der Waals surface area contributed by atoms with Crippen LogP contribution in [0.5, 0.6) is 11.5 Å². The minimum Gasteiger partial charge on any atom is -0.493 e. The molecule has 0 unspecified atom stereocenters. The number of guanidine groups is 1. The maximum Gasteiger partial charge on any atom is 0.241 e. The number of carbonyl (C=O) groups is 1. The molecule has 29 heavy (non-hydrogen) atoms. The Bertz CT molecular complexity index is 798. The van der Waals surface area contributed by atoms with Crippen LogP contribution >= 0.6 is 24.0 Å². The first-order chi connectivity index (χ1) is 13.5. The third-order valence-electron chi connectivity index (χ3n) is 4.08. The van der Waals surface area contributed by atoms with Crippen molar-refractivity contribution in [1.82, 2.24) is 15.5 Å². The fraction of sp³-hybridized carbons (Fsp3) is 0.333. The molecule has 0 aliphatic heterocycles. The molecule has 0 saturated heterocycles. The van der Waals surface area contributed by atoms with E-state index in [1.807, 2.05) is 48.5 Å². The van der Waals surface area contributed by atoms with E-state index >= 15 is 0 Å². The van der Waals surface area contributed by atoms with Gasteiger partial charge in [-0.15, -0.1) is 24.0 Å². The number of ether oxygens (including phenoxy) is 2. The Balaban J connectivity index is 0.00000420. The third kappa shape index (κ3) is 8.18. The van der Waals surface area contributed by atoms with Crippen molar-refractivity contribution < 1.29 is 14.3 Å². The van der Waals surface area contributed by atoms with Gasteiger partial charge in [0.05, 0.1) is 27.3 Å². The molecular weight excluding hydrogens is 483 g/mol. The second kappa shape index (κ2) is 12.9. The van der Waals surface area contributed by atoms with Gasteiger partial charge in [0.25, 0.3) is 0 Å². The van der Waals surface area contributed by atoms with E-state index in [1.54, 1.807) is 28.3 Å². The van der Waals surface area contributed by atoms with E-state index in [9.17, 15) is 4.79 Å². The standard InChI is InChI=1S/C21H28N4O3.HI/c1-25(2)20(26)15-24-21(22-13-16-8-6-5-7-9-16)23-14-17-10-11-18(27-3)19(12-17)28-4;/h5-12H,13-15H2,1-4H3,(H2,22,23,24);1H. The summed E-state index contributed by atoms with van der Waals surface area (Å²) in [7, 11) is 6.66. The lowest BCUT2D eigenvalue weighted by atomic mass is 10.2. The highest BCUT2D eigenvalue weighted by molar-refractivity contribution is 14.0. The van der Waals surface area contributed by atoms with Crippen molar-refractivity contribution in [3.8, 4) is 11.5 Å². The molecule has 158 valence electrons. The van der Waals surface area contributed by atoms with Gasteiger partial charge in [0, 0.05) is 20.6 Å². The molecule has 1 amide bonds. The first-order valence-corrected chi connectivity index (χ1v) is 9.00. The Hall–Kier alpha value is -2.49. The predicted molar refractivity (Wildman–Crippen MR) is 126 cm³/mol. The van der Waals surface area contributed by atoms with Crippen LogP contribution < -0.4 is 20.1 Å². The average Bonchev–Trinajstić information content (AvgIpc) is 2.73. The SMILES string of the molecule is COc1ccc(CN=C(NCC(=O)N(C)C)NCc2ccccc2)cc1OC.I. The van der Waals surface area contributed by atoms with E-state index < -0.39 is 0 Å². The van der Waals surface area contributed by atoms with Crippen LogP contribution in [0.1, 0.15) is 11.1 Å². The van der Waals surface area contributed by atoms with E-state index in [1.165, 1.54) is 4.90 Å². The van der Waals surface area contributed by atoms with Crippen molar-refractivity contribution in [2.45, 2.75) is 13.1 Å². The highest BCUT2D eigenvalue weighted by Crippen LogP contribution is 2.27. The van der Waals surface area contributed by atoms with Gasteiger partial charge < -0.3 is 25.0 Å². The molecular formula is C21H29IN4O3. The summed E-state index contributed by atoms with van der Waals surface area (Å²) in [4.78, 5) is 18.0. The molecule has 0 heterocycles. The van der Waals surface area contributed by atoms with E-state index in [0.29, 0.717) is 30.5 Å². The summed E-state index contributed by atoms with van der Waals surface area (Å²) in [5.41, 5.74) is 2.10. The van der Waals surface area contributed by atoms with Crippen molar-refractivity contribution in [2.24, 2.45) is 4.99 Å². The normalized spacial score (nSPS) is 10.6. The van der Waals surface area contributed by atoms with Crippen LogP contribution in [-0.2, 0) is 17.9 Å². The van der Waals surface area contributed by atoms with Crippen LogP contribution in [0.4, 0.5) is 0 Å². The van der Waals surface area contributed by atoms with Gasteiger partial charge in [0.2, 0.25) is 5.91 Å². The second-order valence-electron chi connectivity index (χ2n) is 6.34. The number of rotatable bonds is 8. The molecule has 2 N–H and O–H groups in total. The molecule has 2 aromatic rings. The molecule has 0 bridgehead atoms. The van der Waals surface area contributed by atoms with Gasteiger partial charge in [-0.25, -0.2) is 4.99 Å². The molecule has 0 saturated carbocycles. The van der Waals surface area contributed by atoms with Crippen molar-refractivity contribution in [1.29, 1.82) is 0 Å². The fourth-order valence-corrected chi connectivity index (χ4v) is 2.42. The Labute approximate surface area is 189 Å². The molecule has 0 radical (unpaired) electrons. The van der Waals surface area contributed by atoms with Crippen LogP contribution in [0.15, 0.2) is 53.5 Å². The molecule has 0 spiro atoms. The third-order valence-corrected chi connectivity index (χ3v) is 4.08. The Kier molecular flexibility index (Phi) is 10.9. The van der Waals surface area contributed by atoms with E-state index in [4.69, 9.17) is 9.47 Å². The number of hydrogen-bond acceptors (Lipinski definition) is 4. The number of likely N-dealkylation sites (N-methyl/N-ethyl adjacent to an activating group) is 1. The number of benzene rings is 2. The van der Waals surface area contributed by atoms with Crippen LogP contribution in [0.3, 0.4) is 0 Å². The first kappa shape index (κ1) is 24.5. The van der Waals surface area contributed by atoms with Gasteiger partial charge in [-0.3, -0.25) is 4.79 Å². The highest BCUT2D eigenvalue weighted by Gasteiger charge is 2.07. The van der Waals surface area contributed by atoms with Gasteiger partial charge in [0.1, 0.15) is 0 Å². The smallest absolute Gasteiger partial charge is 0.241 e. The molecule has 8 heteroatoms. The van der Waals surface area contributed by atoms with Gasteiger partial charge in [0.15, 0.2) is 17.5 Å². The van der Waals surface area contributed by atoms with Crippen LogP contribution in [0.2, 0.25) is 0 Å². The number of nitrogens with one attached hydrogen (secondary N) is 2. The molecule has 0 aliphatic rings. The van der Waals surface area contributed by atoms with Gasteiger partial charge in [-0.1, -0.05) is 36.4 Å². The van der Waals surface area contributed by atoms with Crippen LogP contribution in [0, 0.1) is 0 Å². The summed E-state index contributed by atoms with van der Waals surface area (Å²) in [5, 5.41) is 6.35. The molecule has 7 nitrogen and oxygen atoms in total. The minimum absolute atomic E-state index is 0. The van der Waals surface area contributed by atoms with Gasteiger partial charge in [-0.2, -0.15) is 0 Å². The first-order valence-electron chi connectivity index (χ1n) is 9.00.